The van der Waals surface area contributed by atoms with Crippen LogP contribution < -0.4 is 5.30 Å². The highest BCUT2D eigenvalue weighted by Gasteiger charge is 2.39. The lowest BCUT2D eigenvalue weighted by Gasteiger charge is -2.30. The summed E-state index contributed by atoms with van der Waals surface area (Å²) in [4.78, 5) is 12.1. The van der Waals surface area contributed by atoms with Crippen LogP contribution in [0.1, 0.15) is 40.9 Å². The molecule has 1 aliphatic rings. The van der Waals surface area contributed by atoms with Crippen LogP contribution in [0.15, 0.2) is 78.9 Å². The molecule has 4 nitrogen and oxygen atoms in total. The van der Waals surface area contributed by atoms with Crippen LogP contribution in [0.25, 0.3) is 11.3 Å². The van der Waals surface area contributed by atoms with Crippen LogP contribution in [0.5, 0.6) is 0 Å². The fourth-order valence-corrected chi connectivity index (χ4v) is 5.27. The van der Waals surface area contributed by atoms with Crippen molar-refractivity contribution in [3.63, 3.8) is 0 Å². The predicted molar refractivity (Wildman–Crippen MR) is 115 cm³/mol. The molecule has 0 bridgehead atoms. The van der Waals surface area contributed by atoms with Gasteiger partial charge in [0.05, 0.1) is 11.9 Å². The Balaban J connectivity index is 2.09. The molecule has 5 heteroatoms. The van der Waals surface area contributed by atoms with Crippen molar-refractivity contribution in [3.8, 4) is 0 Å². The Morgan fingerprint density at radius 1 is 0.931 bits per heavy atom. The summed E-state index contributed by atoms with van der Waals surface area (Å²) in [5.74, 6) is 0.431. The van der Waals surface area contributed by atoms with Gasteiger partial charge in [-0.2, -0.15) is 0 Å². The molecule has 0 fully saturated rings. The van der Waals surface area contributed by atoms with E-state index in [0.29, 0.717) is 22.2 Å². The van der Waals surface area contributed by atoms with Gasteiger partial charge in [0.15, 0.2) is 5.78 Å². The number of carbonyl (C=O) groups is 1. The second kappa shape index (κ2) is 7.82. The van der Waals surface area contributed by atoms with E-state index in [1.165, 1.54) is 6.92 Å². The topological polar surface area (TPSA) is 52.6 Å². The highest BCUT2D eigenvalue weighted by Crippen LogP contribution is 2.57. The number of Topliss-reactive ketones (excluding diaryl/α,β-unsaturated/α-hetero) is 1. The zero-order valence-corrected chi connectivity index (χ0v) is 17.2. The van der Waals surface area contributed by atoms with Gasteiger partial charge in [0.2, 0.25) is 0 Å². The third kappa shape index (κ3) is 3.57. The minimum absolute atomic E-state index is 0.0563. The average molecular weight is 404 g/mol. The number of benzene rings is 3. The maximum absolute atomic E-state index is 13.7. The highest BCUT2D eigenvalue weighted by atomic mass is 31.2. The van der Waals surface area contributed by atoms with Gasteiger partial charge in [-0.05, 0) is 31.5 Å². The van der Waals surface area contributed by atoms with Gasteiger partial charge in [0, 0.05) is 22.3 Å². The van der Waals surface area contributed by atoms with E-state index in [9.17, 15) is 9.36 Å². The third-order valence-electron chi connectivity index (χ3n) is 4.80. The maximum Gasteiger partial charge on any atom is 0.411 e. The third-order valence-corrected chi connectivity index (χ3v) is 6.80. The van der Waals surface area contributed by atoms with Crippen LogP contribution in [0, 0.1) is 0 Å². The number of rotatable bonds is 5. The lowest BCUT2D eigenvalue weighted by molar-refractivity contribution is 0.101. The Kier molecular flexibility index (Phi) is 5.23. The summed E-state index contributed by atoms with van der Waals surface area (Å²) in [7, 11) is -3.60. The Hall–Kier alpha value is -2.94. The van der Waals surface area contributed by atoms with E-state index in [1.807, 2.05) is 60.7 Å². The minimum atomic E-state index is -3.60. The SMILES string of the molecule is CCOP1(=O)OC(c2ccccc2)=C(c2ccccc2)c2cc(C(C)=O)ccc21. The Morgan fingerprint density at radius 3 is 2.14 bits per heavy atom. The van der Waals surface area contributed by atoms with E-state index in [-0.39, 0.29) is 12.4 Å². The second-order valence-electron chi connectivity index (χ2n) is 6.73. The second-order valence-corrected chi connectivity index (χ2v) is 8.65. The molecular weight excluding hydrogens is 383 g/mol. The molecule has 1 unspecified atom stereocenters. The first kappa shape index (κ1) is 19.4. The van der Waals surface area contributed by atoms with Crippen molar-refractivity contribution in [1.82, 2.24) is 0 Å². The first-order valence-corrected chi connectivity index (χ1v) is 11.0. The quantitative estimate of drug-likeness (QED) is 0.405. The molecule has 0 spiro atoms. The molecule has 0 aliphatic carbocycles. The van der Waals surface area contributed by atoms with E-state index >= 15 is 0 Å². The smallest absolute Gasteiger partial charge is 0.411 e. The van der Waals surface area contributed by atoms with Crippen molar-refractivity contribution in [2.75, 3.05) is 6.61 Å². The van der Waals surface area contributed by atoms with Gasteiger partial charge in [-0.1, -0.05) is 66.7 Å². The van der Waals surface area contributed by atoms with E-state index in [2.05, 4.69) is 0 Å². The molecule has 146 valence electrons. The zero-order chi connectivity index (χ0) is 20.4. The summed E-state index contributed by atoms with van der Waals surface area (Å²) in [5.41, 5.74) is 3.75. The Bertz CT molecular complexity index is 1130. The van der Waals surface area contributed by atoms with Crippen LogP contribution in [-0.4, -0.2) is 12.4 Å². The van der Waals surface area contributed by atoms with Crippen molar-refractivity contribution >= 4 is 30.0 Å². The summed E-state index contributed by atoms with van der Waals surface area (Å²) >= 11 is 0. The van der Waals surface area contributed by atoms with E-state index in [4.69, 9.17) is 9.05 Å². The molecule has 0 saturated carbocycles. The number of hydrogen-bond acceptors (Lipinski definition) is 4. The Morgan fingerprint density at radius 2 is 1.55 bits per heavy atom. The van der Waals surface area contributed by atoms with Crippen molar-refractivity contribution in [2.45, 2.75) is 13.8 Å². The first-order chi connectivity index (χ1) is 14.0. The fourth-order valence-electron chi connectivity index (χ4n) is 3.48. The molecule has 0 aromatic heterocycles. The molecule has 0 amide bonds. The summed E-state index contributed by atoms with van der Waals surface area (Å²) in [6.07, 6.45) is 0. The highest BCUT2D eigenvalue weighted by molar-refractivity contribution is 7.62. The van der Waals surface area contributed by atoms with E-state index in [1.54, 1.807) is 25.1 Å². The van der Waals surface area contributed by atoms with Crippen LogP contribution in [-0.2, 0) is 13.6 Å². The minimum Gasteiger partial charge on any atom is -0.420 e. The van der Waals surface area contributed by atoms with Crippen molar-refractivity contribution < 1.29 is 18.4 Å². The molecule has 4 rings (SSSR count). The number of carbonyl (C=O) groups excluding carboxylic acids is 1. The number of hydrogen-bond donors (Lipinski definition) is 0. The van der Waals surface area contributed by atoms with Crippen LogP contribution in [0.2, 0.25) is 0 Å². The van der Waals surface area contributed by atoms with E-state index < -0.39 is 7.60 Å². The predicted octanol–water partition coefficient (Wildman–Crippen LogP) is 5.69. The van der Waals surface area contributed by atoms with Crippen LogP contribution in [0.4, 0.5) is 0 Å². The molecule has 0 N–H and O–H groups in total. The largest absolute Gasteiger partial charge is 0.420 e. The molecule has 3 aromatic carbocycles. The zero-order valence-electron chi connectivity index (χ0n) is 16.3. The van der Waals surface area contributed by atoms with Gasteiger partial charge in [-0.25, -0.2) is 4.57 Å². The number of ketones is 1. The summed E-state index contributed by atoms with van der Waals surface area (Å²) in [6.45, 7) is 3.55. The van der Waals surface area contributed by atoms with Crippen molar-refractivity contribution in [3.05, 3.63) is 101 Å². The van der Waals surface area contributed by atoms with Gasteiger partial charge in [-0.15, -0.1) is 0 Å². The van der Waals surface area contributed by atoms with Crippen LogP contribution >= 0.6 is 7.60 Å². The van der Waals surface area contributed by atoms with Gasteiger partial charge in [0.1, 0.15) is 5.76 Å². The molecule has 1 heterocycles. The normalized spacial score (nSPS) is 18.1. The van der Waals surface area contributed by atoms with Crippen molar-refractivity contribution in [2.24, 2.45) is 0 Å². The van der Waals surface area contributed by atoms with Crippen LogP contribution in [0.3, 0.4) is 0 Å². The molecule has 1 atom stereocenters. The van der Waals surface area contributed by atoms with E-state index in [0.717, 1.165) is 16.7 Å². The lowest BCUT2D eigenvalue weighted by atomic mass is 9.92. The first-order valence-electron chi connectivity index (χ1n) is 9.48. The Labute approximate surface area is 170 Å². The van der Waals surface area contributed by atoms with Gasteiger partial charge >= 0.3 is 7.60 Å². The lowest BCUT2D eigenvalue weighted by Crippen LogP contribution is -2.21. The summed E-state index contributed by atoms with van der Waals surface area (Å²) in [5, 5.41) is 0.475. The molecule has 0 radical (unpaired) electrons. The molecular formula is C24H21O4P. The molecule has 0 saturated heterocycles. The standard InChI is InChI=1S/C24H21O4P/c1-3-27-29(26)22-15-14-20(17(2)25)16-21(22)23(18-10-6-4-7-11-18)24(28-29)19-12-8-5-9-13-19/h4-16H,3H2,1-2H3. The van der Waals surface area contributed by atoms with Crippen molar-refractivity contribution in [1.29, 1.82) is 0 Å². The van der Waals surface area contributed by atoms with Gasteiger partial charge in [0.25, 0.3) is 0 Å². The van der Waals surface area contributed by atoms with Gasteiger partial charge in [-0.3, -0.25) is 9.32 Å². The number of fused-ring (bicyclic) bond motifs is 1. The monoisotopic (exact) mass is 404 g/mol. The molecule has 29 heavy (non-hydrogen) atoms. The summed E-state index contributed by atoms with van der Waals surface area (Å²) in [6, 6.07) is 24.5. The molecule has 3 aromatic rings. The summed E-state index contributed by atoms with van der Waals surface area (Å²) < 4.78 is 25.5. The average Bonchev–Trinajstić information content (AvgIpc) is 2.74. The maximum atomic E-state index is 13.7. The fraction of sp³-hybridized carbons (Fsp3) is 0.125. The van der Waals surface area contributed by atoms with Gasteiger partial charge < -0.3 is 4.52 Å². The molecule has 1 aliphatic heterocycles.